The third-order valence-corrected chi connectivity index (χ3v) is 5.01. The summed E-state index contributed by atoms with van der Waals surface area (Å²) in [6, 6.07) is 4.57. The molecule has 0 radical (unpaired) electrons. The quantitative estimate of drug-likeness (QED) is 0.700. The molecule has 2 aliphatic heterocycles. The van der Waals surface area contributed by atoms with E-state index in [2.05, 4.69) is 4.40 Å². The highest BCUT2D eigenvalue weighted by Crippen LogP contribution is 2.42. The van der Waals surface area contributed by atoms with Crippen LogP contribution in [0, 0.1) is 0 Å². The summed E-state index contributed by atoms with van der Waals surface area (Å²) in [5, 5.41) is 11.1. The van der Waals surface area contributed by atoms with Crippen molar-refractivity contribution in [2.24, 2.45) is 4.40 Å². The molecule has 1 aromatic rings. The predicted octanol–water partition coefficient (Wildman–Crippen LogP) is -0.338. The first-order chi connectivity index (χ1) is 8.46. The van der Waals surface area contributed by atoms with Crippen molar-refractivity contribution in [2.45, 2.75) is 4.90 Å². The number of benzene rings is 1. The lowest BCUT2D eigenvalue weighted by molar-refractivity contribution is -0.255. The van der Waals surface area contributed by atoms with Gasteiger partial charge in [0.25, 0.3) is 10.0 Å². The number of aromatic carboxylic acids is 1. The molecule has 0 aromatic heterocycles. The lowest BCUT2D eigenvalue weighted by atomic mass is 10.2. The van der Waals surface area contributed by atoms with Gasteiger partial charge in [-0.1, -0.05) is 6.07 Å². The van der Waals surface area contributed by atoms with Gasteiger partial charge in [-0.15, -0.1) is 4.40 Å². The van der Waals surface area contributed by atoms with E-state index in [1.165, 1.54) is 12.1 Å². The normalized spacial score (nSPS) is 20.0. The summed E-state index contributed by atoms with van der Waals surface area (Å²) in [7, 11) is -3.38. The number of carboxylic acids is 1. The van der Waals surface area contributed by atoms with E-state index in [1.54, 1.807) is 11.0 Å². The molecule has 2 aliphatic rings. The molecule has 0 amide bonds. The van der Waals surface area contributed by atoms with Crippen molar-refractivity contribution in [3.63, 3.8) is 0 Å². The minimum absolute atomic E-state index is 0.0290. The van der Waals surface area contributed by atoms with Gasteiger partial charge in [0.1, 0.15) is 0 Å². The van der Waals surface area contributed by atoms with Gasteiger partial charge in [-0.25, -0.2) is 8.42 Å². The molecule has 0 fully saturated rings. The van der Waals surface area contributed by atoms with Crippen molar-refractivity contribution in [2.75, 3.05) is 17.2 Å². The molecule has 0 bridgehead atoms. The van der Waals surface area contributed by atoms with E-state index in [1.807, 2.05) is 0 Å². The molecule has 0 saturated carbocycles. The van der Waals surface area contributed by atoms with Crippen molar-refractivity contribution >= 4 is 38.6 Å². The molecule has 0 spiro atoms. The van der Waals surface area contributed by atoms with Crippen LogP contribution in [0.3, 0.4) is 0 Å². The molecule has 0 aliphatic carbocycles. The highest BCUT2D eigenvalue weighted by Gasteiger charge is 2.33. The first kappa shape index (κ1) is 11.5. The van der Waals surface area contributed by atoms with Crippen LogP contribution in [0.5, 0.6) is 0 Å². The van der Waals surface area contributed by atoms with Gasteiger partial charge < -0.3 is 14.8 Å². The summed E-state index contributed by atoms with van der Waals surface area (Å²) in [5.74, 6) is -1.28. The number of hydrogen-bond acceptors (Lipinski definition) is 6. The zero-order valence-corrected chi connectivity index (χ0v) is 10.6. The standard InChI is InChI=1S/C10H8N2O4S2/c13-9(14)6-1-2-7-8(5-6)17-10-11-18(15,16)4-3-12(7)10/h1-2,5H,3-4H2,(H,13,14)/p-1. The Bertz CT molecular complexity index is 681. The molecular weight excluding hydrogens is 276 g/mol. The highest BCUT2D eigenvalue weighted by atomic mass is 32.2. The highest BCUT2D eigenvalue weighted by molar-refractivity contribution is 8.15. The van der Waals surface area contributed by atoms with E-state index >= 15 is 0 Å². The lowest BCUT2D eigenvalue weighted by Gasteiger charge is -2.22. The fraction of sp³-hybridized carbons (Fsp3) is 0.200. The maximum Gasteiger partial charge on any atom is 0.257 e. The number of carbonyl (C=O) groups is 1. The molecule has 2 heterocycles. The maximum atomic E-state index is 11.4. The van der Waals surface area contributed by atoms with Gasteiger partial charge in [0.05, 0.1) is 17.4 Å². The molecule has 0 N–H and O–H groups in total. The monoisotopic (exact) mass is 283 g/mol. The average molecular weight is 283 g/mol. The van der Waals surface area contributed by atoms with Crippen molar-refractivity contribution < 1.29 is 18.3 Å². The van der Waals surface area contributed by atoms with Crippen LogP contribution in [0.2, 0.25) is 0 Å². The first-order valence-electron chi connectivity index (χ1n) is 5.10. The summed E-state index contributed by atoms with van der Waals surface area (Å²) >= 11 is 1.16. The van der Waals surface area contributed by atoms with Crippen molar-refractivity contribution in [1.29, 1.82) is 0 Å². The Morgan fingerprint density at radius 1 is 1.44 bits per heavy atom. The molecule has 0 unspecified atom stereocenters. The minimum Gasteiger partial charge on any atom is -0.545 e. The van der Waals surface area contributed by atoms with Crippen molar-refractivity contribution in [3.05, 3.63) is 23.8 Å². The topological polar surface area (TPSA) is 89.9 Å². The number of hydrogen-bond donors (Lipinski definition) is 0. The Kier molecular flexibility index (Phi) is 2.39. The van der Waals surface area contributed by atoms with Crippen LogP contribution >= 0.6 is 11.8 Å². The van der Waals surface area contributed by atoms with E-state index in [4.69, 9.17) is 0 Å². The molecule has 18 heavy (non-hydrogen) atoms. The Morgan fingerprint density at radius 2 is 2.22 bits per heavy atom. The Hall–Kier alpha value is -1.54. The predicted molar refractivity (Wildman–Crippen MR) is 65.2 cm³/mol. The number of carboxylic acid groups (broad SMARTS) is 1. The number of anilines is 1. The molecule has 8 heteroatoms. The van der Waals surface area contributed by atoms with Crippen LogP contribution in [0.15, 0.2) is 27.5 Å². The van der Waals surface area contributed by atoms with E-state index in [-0.39, 0.29) is 11.3 Å². The molecule has 3 rings (SSSR count). The van der Waals surface area contributed by atoms with E-state index in [0.717, 1.165) is 17.4 Å². The van der Waals surface area contributed by atoms with Gasteiger partial charge in [-0.2, -0.15) is 0 Å². The number of carbonyl (C=O) groups excluding carboxylic acids is 1. The smallest absolute Gasteiger partial charge is 0.257 e. The number of nitrogens with zero attached hydrogens (tertiary/aromatic N) is 2. The minimum atomic E-state index is -3.38. The number of amidine groups is 1. The third kappa shape index (κ3) is 1.77. The lowest BCUT2D eigenvalue weighted by Crippen LogP contribution is -2.35. The van der Waals surface area contributed by atoms with Crippen LogP contribution in [-0.2, 0) is 10.0 Å². The van der Waals surface area contributed by atoms with E-state index < -0.39 is 16.0 Å². The van der Waals surface area contributed by atoms with Gasteiger partial charge >= 0.3 is 0 Å². The summed E-state index contributed by atoms with van der Waals surface area (Å²) in [6.07, 6.45) is 0. The summed E-state index contributed by atoms with van der Waals surface area (Å²) in [6.45, 7) is 0.339. The number of thioether (sulfide) groups is 1. The second kappa shape index (κ2) is 3.72. The molecule has 94 valence electrons. The molecule has 0 saturated heterocycles. The van der Waals surface area contributed by atoms with Crippen LogP contribution in [0.1, 0.15) is 10.4 Å². The fourth-order valence-electron chi connectivity index (χ4n) is 1.86. The summed E-state index contributed by atoms with van der Waals surface area (Å²) in [4.78, 5) is 13.2. The summed E-state index contributed by atoms with van der Waals surface area (Å²) in [5.41, 5.74) is 0.864. The largest absolute Gasteiger partial charge is 0.545 e. The Morgan fingerprint density at radius 3 is 2.94 bits per heavy atom. The number of fused-ring (bicyclic) bond motifs is 3. The van der Waals surface area contributed by atoms with Gasteiger partial charge in [0.15, 0.2) is 5.17 Å². The zero-order chi connectivity index (χ0) is 12.9. The van der Waals surface area contributed by atoms with Crippen molar-refractivity contribution in [1.82, 2.24) is 0 Å². The van der Waals surface area contributed by atoms with Gasteiger partial charge in [0, 0.05) is 11.4 Å². The van der Waals surface area contributed by atoms with Crippen LogP contribution < -0.4 is 10.0 Å². The zero-order valence-electron chi connectivity index (χ0n) is 8.99. The number of rotatable bonds is 1. The van der Waals surface area contributed by atoms with Gasteiger partial charge in [-0.05, 0) is 29.5 Å². The third-order valence-electron chi connectivity index (χ3n) is 2.71. The van der Waals surface area contributed by atoms with Crippen LogP contribution in [-0.4, -0.2) is 31.9 Å². The Labute approximate surface area is 107 Å². The maximum absolute atomic E-state index is 11.4. The van der Waals surface area contributed by atoms with Crippen molar-refractivity contribution in [3.8, 4) is 0 Å². The van der Waals surface area contributed by atoms with Crippen LogP contribution in [0.4, 0.5) is 5.69 Å². The first-order valence-corrected chi connectivity index (χ1v) is 7.52. The van der Waals surface area contributed by atoms with E-state index in [0.29, 0.717) is 16.6 Å². The number of sulfonamides is 1. The second-order valence-electron chi connectivity index (χ2n) is 3.88. The van der Waals surface area contributed by atoms with Crippen LogP contribution in [0.25, 0.3) is 0 Å². The molecular formula is C10H7N2O4S2-. The average Bonchev–Trinajstić information content (AvgIpc) is 2.62. The SMILES string of the molecule is O=C([O-])c1ccc2c(c1)SC1=NS(=O)(=O)CCN12. The molecule has 0 atom stereocenters. The fourth-order valence-corrected chi connectivity index (χ4v) is 4.15. The Balaban J connectivity index is 2.08. The van der Waals surface area contributed by atoms with E-state index in [9.17, 15) is 18.3 Å². The summed E-state index contributed by atoms with van der Waals surface area (Å²) < 4.78 is 26.5. The van der Waals surface area contributed by atoms with Gasteiger partial charge in [0.2, 0.25) is 0 Å². The molecule has 6 nitrogen and oxygen atoms in total. The molecule has 1 aromatic carbocycles. The second-order valence-corrected chi connectivity index (χ2v) is 6.65. The van der Waals surface area contributed by atoms with Gasteiger partial charge in [-0.3, -0.25) is 0 Å².